The van der Waals surface area contributed by atoms with E-state index in [1.165, 1.54) is 0 Å². The number of aliphatic hydroxyl groups is 1. The Labute approximate surface area is 119 Å². The summed E-state index contributed by atoms with van der Waals surface area (Å²) in [5, 5.41) is 13.4. The molecule has 0 radical (unpaired) electrons. The van der Waals surface area contributed by atoms with Gasteiger partial charge in [0, 0.05) is 42.9 Å². The van der Waals surface area contributed by atoms with Crippen molar-refractivity contribution < 1.29 is 14.6 Å². The Hall–Kier alpha value is -1.46. The van der Waals surface area contributed by atoms with E-state index < -0.39 is 5.60 Å². The smallest absolute Gasteiger partial charge is 0.251 e. The van der Waals surface area contributed by atoms with E-state index in [0.29, 0.717) is 18.6 Å². The van der Waals surface area contributed by atoms with Gasteiger partial charge in [-0.3, -0.25) is 9.78 Å². The summed E-state index contributed by atoms with van der Waals surface area (Å²) in [6.45, 7) is 6.74. The summed E-state index contributed by atoms with van der Waals surface area (Å²) in [6.07, 6.45) is 3.73. The number of amides is 1. The van der Waals surface area contributed by atoms with Crippen molar-refractivity contribution in [2.75, 3.05) is 13.2 Å². The maximum absolute atomic E-state index is 12.0. The summed E-state index contributed by atoms with van der Waals surface area (Å²) < 4.78 is 5.60. The molecule has 0 spiro atoms. The molecule has 20 heavy (non-hydrogen) atoms. The molecular formula is C15H22N2O3. The Morgan fingerprint density at radius 2 is 2.15 bits per heavy atom. The van der Waals surface area contributed by atoms with Gasteiger partial charge in [-0.2, -0.15) is 0 Å². The van der Waals surface area contributed by atoms with Gasteiger partial charge in [0.15, 0.2) is 0 Å². The molecule has 0 unspecified atom stereocenters. The fourth-order valence-electron chi connectivity index (χ4n) is 2.59. The Kier molecular flexibility index (Phi) is 4.11. The normalized spacial score (nSPS) is 27.7. The van der Waals surface area contributed by atoms with Crippen LogP contribution in [0.25, 0.3) is 0 Å². The van der Waals surface area contributed by atoms with Crippen molar-refractivity contribution in [1.82, 2.24) is 10.3 Å². The highest BCUT2D eigenvalue weighted by Gasteiger charge is 2.59. The lowest BCUT2D eigenvalue weighted by atomic mass is 9.56. The van der Waals surface area contributed by atoms with Crippen LogP contribution >= 0.6 is 0 Å². The molecule has 1 heterocycles. The van der Waals surface area contributed by atoms with E-state index in [1.807, 2.05) is 20.8 Å². The lowest BCUT2D eigenvalue weighted by Crippen LogP contribution is -2.68. The maximum Gasteiger partial charge on any atom is 0.251 e. The zero-order chi connectivity index (χ0) is 14.8. The molecule has 1 aliphatic carbocycles. The number of nitrogens with zero attached hydrogens (tertiary/aromatic N) is 1. The Balaban J connectivity index is 1.93. The van der Waals surface area contributed by atoms with Gasteiger partial charge in [-0.15, -0.1) is 0 Å². The molecule has 1 aromatic heterocycles. The summed E-state index contributed by atoms with van der Waals surface area (Å²) in [6, 6.07) is 3.29. The first-order chi connectivity index (χ1) is 9.40. The van der Waals surface area contributed by atoms with Crippen molar-refractivity contribution >= 4 is 5.91 Å². The van der Waals surface area contributed by atoms with Crippen LogP contribution in [-0.4, -0.2) is 40.9 Å². The minimum Gasteiger partial charge on any atom is -0.387 e. The van der Waals surface area contributed by atoms with Gasteiger partial charge >= 0.3 is 0 Å². The summed E-state index contributed by atoms with van der Waals surface area (Å²) in [5.74, 6) is -0.198. The van der Waals surface area contributed by atoms with Crippen LogP contribution in [0.1, 0.15) is 37.6 Å². The van der Waals surface area contributed by atoms with Crippen LogP contribution in [0.3, 0.4) is 0 Å². The minimum absolute atomic E-state index is 0.0373. The average Bonchev–Trinajstić information content (AvgIpc) is 2.45. The van der Waals surface area contributed by atoms with Crippen molar-refractivity contribution in [2.45, 2.75) is 38.9 Å². The number of aromatic nitrogens is 1. The van der Waals surface area contributed by atoms with Gasteiger partial charge in [-0.25, -0.2) is 0 Å². The molecule has 5 heteroatoms. The van der Waals surface area contributed by atoms with Gasteiger partial charge < -0.3 is 15.2 Å². The highest BCUT2D eigenvalue weighted by molar-refractivity contribution is 5.94. The first-order valence-corrected chi connectivity index (χ1v) is 6.93. The molecule has 2 rings (SSSR count). The Morgan fingerprint density at radius 1 is 1.50 bits per heavy atom. The molecule has 0 aromatic carbocycles. The minimum atomic E-state index is -0.921. The molecule has 2 atom stereocenters. The van der Waals surface area contributed by atoms with E-state index in [-0.39, 0.29) is 24.0 Å². The molecule has 1 amide bonds. The van der Waals surface area contributed by atoms with Crippen molar-refractivity contribution in [1.29, 1.82) is 0 Å². The topological polar surface area (TPSA) is 71.5 Å². The van der Waals surface area contributed by atoms with Gasteiger partial charge in [-0.1, -0.05) is 13.8 Å². The molecule has 1 aromatic rings. The van der Waals surface area contributed by atoms with Crippen molar-refractivity contribution in [2.24, 2.45) is 5.41 Å². The van der Waals surface area contributed by atoms with Crippen LogP contribution in [0.4, 0.5) is 0 Å². The summed E-state index contributed by atoms with van der Waals surface area (Å²) in [5.41, 5.74) is -0.744. The van der Waals surface area contributed by atoms with Gasteiger partial charge in [0.2, 0.25) is 0 Å². The zero-order valence-electron chi connectivity index (χ0n) is 12.2. The molecule has 0 saturated heterocycles. The van der Waals surface area contributed by atoms with Crippen LogP contribution in [0.5, 0.6) is 0 Å². The fraction of sp³-hybridized carbons (Fsp3) is 0.600. The molecule has 2 N–H and O–H groups in total. The first kappa shape index (κ1) is 14.9. The molecule has 5 nitrogen and oxygen atoms in total. The number of hydrogen-bond acceptors (Lipinski definition) is 4. The third-order valence-electron chi connectivity index (χ3n) is 4.38. The van der Waals surface area contributed by atoms with Crippen LogP contribution in [0.15, 0.2) is 24.5 Å². The predicted molar refractivity (Wildman–Crippen MR) is 75.3 cm³/mol. The van der Waals surface area contributed by atoms with E-state index in [1.54, 1.807) is 24.5 Å². The molecule has 1 fully saturated rings. The average molecular weight is 278 g/mol. The maximum atomic E-state index is 12.0. The highest BCUT2D eigenvalue weighted by Crippen LogP contribution is 2.50. The summed E-state index contributed by atoms with van der Waals surface area (Å²) in [4.78, 5) is 15.8. The number of ether oxygens (including phenoxy) is 1. The monoisotopic (exact) mass is 278 g/mol. The second-order valence-electron chi connectivity index (χ2n) is 5.82. The highest BCUT2D eigenvalue weighted by atomic mass is 16.5. The van der Waals surface area contributed by atoms with Crippen molar-refractivity contribution in [3.8, 4) is 0 Å². The second-order valence-corrected chi connectivity index (χ2v) is 5.82. The van der Waals surface area contributed by atoms with Crippen LogP contribution in [0.2, 0.25) is 0 Å². The van der Waals surface area contributed by atoms with Crippen LogP contribution < -0.4 is 5.32 Å². The molecule has 0 aliphatic heterocycles. The van der Waals surface area contributed by atoms with Gasteiger partial charge in [0.25, 0.3) is 5.91 Å². The van der Waals surface area contributed by atoms with E-state index >= 15 is 0 Å². The number of rotatable bonds is 5. The van der Waals surface area contributed by atoms with Crippen molar-refractivity contribution in [3.05, 3.63) is 30.1 Å². The standard InChI is InChI=1S/C15H22N2O3/c1-4-20-12-9-15(19,14(12,2)3)10-17-13(18)11-5-7-16-8-6-11/h5-8,12,19H,4,9-10H2,1-3H3,(H,17,18)/t12-,15+/m0/s1. The number of hydrogen-bond donors (Lipinski definition) is 2. The summed E-state index contributed by atoms with van der Waals surface area (Å²) in [7, 11) is 0. The van der Waals surface area contributed by atoms with E-state index in [9.17, 15) is 9.90 Å². The number of carbonyl (C=O) groups excluding carboxylic acids is 1. The van der Waals surface area contributed by atoms with Crippen LogP contribution in [0, 0.1) is 5.41 Å². The quantitative estimate of drug-likeness (QED) is 0.853. The van der Waals surface area contributed by atoms with E-state index in [4.69, 9.17) is 4.74 Å². The fourth-order valence-corrected chi connectivity index (χ4v) is 2.59. The largest absolute Gasteiger partial charge is 0.387 e. The number of nitrogens with one attached hydrogen (secondary N) is 1. The molecular weight excluding hydrogens is 256 g/mol. The number of pyridine rings is 1. The lowest BCUT2D eigenvalue weighted by molar-refractivity contribution is -0.237. The zero-order valence-corrected chi connectivity index (χ0v) is 12.2. The van der Waals surface area contributed by atoms with Crippen molar-refractivity contribution in [3.63, 3.8) is 0 Å². The molecule has 0 bridgehead atoms. The van der Waals surface area contributed by atoms with Gasteiger partial charge in [0.1, 0.15) is 0 Å². The Bertz CT molecular complexity index is 475. The number of carbonyl (C=O) groups is 1. The van der Waals surface area contributed by atoms with Gasteiger partial charge in [-0.05, 0) is 19.1 Å². The summed E-state index contributed by atoms with van der Waals surface area (Å²) >= 11 is 0. The molecule has 1 saturated carbocycles. The van der Waals surface area contributed by atoms with E-state index in [0.717, 1.165) is 0 Å². The SMILES string of the molecule is CCO[C@H]1C[C@@](O)(CNC(=O)c2ccncc2)C1(C)C. The van der Waals surface area contributed by atoms with Gasteiger partial charge in [0.05, 0.1) is 11.7 Å². The second kappa shape index (κ2) is 5.50. The van der Waals surface area contributed by atoms with E-state index in [2.05, 4.69) is 10.3 Å². The van der Waals surface area contributed by atoms with Crippen LogP contribution in [-0.2, 0) is 4.74 Å². The third kappa shape index (κ3) is 2.55. The molecule has 110 valence electrons. The lowest BCUT2D eigenvalue weighted by Gasteiger charge is -2.57. The predicted octanol–water partition coefficient (Wildman–Crippen LogP) is 1.38. The first-order valence-electron chi connectivity index (χ1n) is 6.93. The molecule has 1 aliphatic rings. The Morgan fingerprint density at radius 3 is 2.70 bits per heavy atom. The third-order valence-corrected chi connectivity index (χ3v) is 4.38.